The van der Waals surface area contributed by atoms with E-state index in [9.17, 15) is 22.8 Å². The van der Waals surface area contributed by atoms with Crippen molar-refractivity contribution < 1.29 is 22.8 Å². The van der Waals surface area contributed by atoms with Gasteiger partial charge < -0.3 is 10.2 Å². The first-order valence-electron chi connectivity index (χ1n) is 10.0. The highest BCUT2D eigenvalue weighted by molar-refractivity contribution is 5.95. The SMILES string of the molecule is O=C(NC(CN1CCCC1=O)c1cccc(C(F)(F)F)c1)c1cccc(-n2cncn2)c1. The second-order valence-corrected chi connectivity index (χ2v) is 7.48. The van der Waals surface area contributed by atoms with Gasteiger partial charge in [-0.2, -0.15) is 18.3 Å². The van der Waals surface area contributed by atoms with Crippen LogP contribution in [0.5, 0.6) is 0 Å². The molecule has 1 fully saturated rings. The Morgan fingerprint density at radius 3 is 2.66 bits per heavy atom. The van der Waals surface area contributed by atoms with Gasteiger partial charge in [0.25, 0.3) is 5.91 Å². The lowest BCUT2D eigenvalue weighted by Gasteiger charge is -2.26. The van der Waals surface area contributed by atoms with Crippen LogP contribution in [0, 0.1) is 0 Å². The van der Waals surface area contributed by atoms with Crippen LogP contribution in [0.1, 0.15) is 40.4 Å². The number of rotatable bonds is 6. The van der Waals surface area contributed by atoms with Crippen molar-refractivity contribution in [3.63, 3.8) is 0 Å². The van der Waals surface area contributed by atoms with Gasteiger partial charge in [0, 0.05) is 25.1 Å². The van der Waals surface area contributed by atoms with Crippen LogP contribution < -0.4 is 5.32 Å². The van der Waals surface area contributed by atoms with Crippen LogP contribution in [0.2, 0.25) is 0 Å². The molecular formula is C22H20F3N5O2. The number of aromatic nitrogens is 3. The summed E-state index contributed by atoms with van der Waals surface area (Å²) in [7, 11) is 0. The molecule has 4 rings (SSSR count). The van der Waals surface area contributed by atoms with E-state index in [-0.39, 0.29) is 18.0 Å². The Balaban J connectivity index is 1.61. The number of halogens is 3. The lowest BCUT2D eigenvalue weighted by atomic mass is 10.0. The Labute approximate surface area is 181 Å². The lowest BCUT2D eigenvalue weighted by Crippen LogP contribution is -2.38. The third-order valence-electron chi connectivity index (χ3n) is 5.29. The summed E-state index contributed by atoms with van der Waals surface area (Å²) >= 11 is 0. The predicted molar refractivity (Wildman–Crippen MR) is 109 cm³/mol. The Kier molecular flexibility index (Phi) is 5.93. The third kappa shape index (κ3) is 4.79. The highest BCUT2D eigenvalue weighted by Gasteiger charge is 2.32. The highest BCUT2D eigenvalue weighted by Crippen LogP contribution is 2.31. The largest absolute Gasteiger partial charge is 0.416 e. The zero-order valence-corrected chi connectivity index (χ0v) is 16.9. The molecule has 1 aliphatic heterocycles. The normalized spacial score (nSPS) is 15.1. The standard InChI is InChI=1S/C22H20F3N5O2/c23-22(24,25)17-6-1-4-15(10-17)19(12-29-9-3-8-20(29)31)28-21(32)16-5-2-7-18(11-16)30-14-26-13-27-30/h1-2,4-7,10-11,13-14,19H,3,8-9,12H2,(H,28,32). The van der Waals surface area contributed by atoms with Crippen molar-refractivity contribution in [2.24, 2.45) is 0 Å². The van der Waals surface area contributed by atoms with E-state index in [2.05, 4.69) is 15.4 Å². The summed E-state index contributed by atoms with van der Waals surface area (Å²) in [5.41, 5.74) is 0.388. The average molecular weight is 443 g/mol. The van der Waals surface area contributed by atoms with Crippen molar-refractivity contribution in [3.05, 3.63) is 77.9 Å². The number of likely N-dealkylation sites (tertiary alicyclic amines) is 1. The van der Waals surface area contributed by atoms with E-state index in [0.29, 0.717) is 30.6 Å². The summed E-state index contributed by atoms with van der Waals surface area (Å²) in [5, 5.41) is 6.83. The molecule has 1 atom stereocenters. The first-order chi connectivity index (χ1) is 15.3. The van der Waals surface area contributed by atoms with E-state index < -0.39 is 23.7 Å². The van der Waals surface area contributed by atoms with E-state index in [1.54, 1.807) is 29.2 Å². The summed E-state index contributed by atoms with van der Waals surface area (Å²) < 4.78 is 41.2. The molecule has 0 bridgehead atoms. The van der Waals surface area contributed by atoms with E-state index in [0.717, 1.165) is 12.1 Å². The Morgan fingerprint density at radius 2 is 1.97 bits per heavy atom. The van der Waals surface area contributed by atoms with Crippen LogP contribution in [0.4, 0.5) is 13.2 Å². The molecule has 32 heavy (non-hydrogen) atoms. The molecule has 2 amide bonds. The highest BCUT2D eigenvalue weighted by atomic mass is 19.4. The topological polar surface area (TPSA) is 80.1 Å². The third-order valence-corrected chi connectivity index (χ3v) is 5.29. The number of carbonyl (C=O) groups excluding carboxylic acids is 2. The van der Waals surface area contributed by atoms with E-state index in [1.165, 1.54) is 29.5 Å². The van der Waals surface area contributed by atoms with Crippen LogP contribution in [0.15, 0.2) is 61.2 Å². The summed E-state index contributed by atoms with van der Waals surface area (Å²) in [6, 6.07) is 10.6. The molecule has 7 nitrogen and oxygen atoms in total. The van der Waals surface area contributed by atoms with Gasteiger partial charge in [0.2, 0.25) is 5.91 Å². The van der Waals surface area contributed by atoms with Gasteiger partial charge in [0.05, 0.1) is 17.3 Å². The zero-order chi connectivity index (χ0) is 22.7. The molecule has 0 radical (unpaired) electrons. The molecule has 1 N–H and O–H groups in total. The maximum absolute atomic E-state index is 13.2. The van der Waals surface area contributed by atoms with E-state index in [4.69, 9.17) is 0 Å². The first kappa shape index (κ1) is 21.5. The van der Waals surface area contributed by atoms with Crippen molar-refractivity contribution in [2.45, 2.75) is 25.1 Å². The molecule has 2 aromatic carbocycles. The number of amides is 2. The lowest BCUT2D eigenvalue weighted by molar-refractivity contribution is -0.137. The molecule has 0 saturated carbocycles. The number of carbonyl (C=O) groups is 2. The van der Waals surface area contributed by atoms with E-state index in [1.807, 2.05) is 0 Å². The summed E-state index contributed by atoms with van der Waals surface area (Å²) in [6.45, 7) is 0.598. The van der Waals surface area contributed by atoms with Gasteiger partial charge in [-0.05, 0) is 42.3 Å². The van der Waals surface area contributed by atoms with Crippen LogP contribution in [0.25, 0.3) is 5.69 Å². The monoisotopic (exact) mass is 443 g/mol. The summed E-state index contributed by atoms with van der Waals surface area (Å²) in [6.07, 6.45) is -0.587. The Hall–Kier alpha value is -3.69. The second-order valence-electron chi connectivity index (χ2n) is 7.48. The number of benzene rings is 2. The number of nitrogens with one attached hydrogen (secondary N) is 1. The summed E-state index contributed by atoms with van der Waals surface area (Å²) in [4.78, 5) is 30.6. The second kappa shape index (κ2) is 8.81. The average Bonchev–Trinajstić information content (AvgIpc) is 3.45. The molecule has 1 unspecified atom stereocenters. The predicted octanol–water partition coefficient (Wildman–Crippen LogP) is 3.38. The number of alkyl halides is 3. The van der Waals surface area contributed by atoms with Crippen LogP contribution in [-0.2, 0) is 11.0 Å². The molecular weight excluding hydrogens is 423 g/mol. The van der Waals surface area contributed by atoms with Gasteiger partial charge >= 0.3 is 6.18 Å². The van der Waals surface area contributed by atoms with Crippen LogP contribution in [0.3, 0.4) is 0 Å². The van der Waals surface area contributed by atoms with Gasteiger partial charge in [-0.25, -0.2) is 9.67 Å². The molecule has 0 aliphatic carbocycles. The minimum absolute atomic E-state index is 0.0793. The minimum Gasteiger partial charge on any atom is -0.343 e. The van der Waals surface area contributed by atoms with Crippen molar-refractivity contribution in [1.82, 2.24) is 25.0 Å². The van der Waals surface area contributed by atoms with Gasteiger partial charge in [0.1, 0.15) is 12.7 Å². The molecule has 10 heteroatoms. The number of hydrogen-bond acceptors (Lipinski definition) is 4. The van der Waals surface area contributed by atoms with Gasteiger partial charge in [-0.1, -0.05) is 18.2 Å². The first-order valence-corrected chi connectivity index (χ1v) is 10.0. The maximum Gasteiger partial charge on any atom is 0.416 e. The molecule has 0 spiro atoms. The van der Waals surface area contributed by atoms with E-state index >= 15 is 0 Å². The molecule has 3 aromatic rings. The Bertz CT molecular complexity index is 1110. The van der Waals surface area contributed by atoms with Gasteiger partial charge in [-0.3, -0.25) is 9.59 Å². The van der Waals surface area contributed by atoms with Crippen molar-refractivity contribution in [3.8, 4) is 5.69 Å². The molecule has 2 heterocycles. The van der Waals surface area contributed by atoms with Crippen LogP contribution in [-0.4, -0.2) is 44.6 Å². The fourth-order valence-electron chi connectivity index (χ4n) is 3.66. The molecule has 166 valence electrons. The van der Waals surface area contributed by atoms with Gasteiger partial charge in [-0.15, -0.1) is 0 Å². The Morgan fingerprint density at radius 1 is 1.16 bits per heavy atom. The molecule has 1 saturated heterocycles. The van der Waals surface area contributed by atoms with Crippen molar-refractivity contribution in [2.75, 3.05) is 13.1 Å². The minimum atomic E-state index is -4.51. The van der Waals surface area contributed by atoms with Crippen LogP contribution >= 0.6 is 0 Å². The zero-order valence-electron chi connectivity index (χ0n) is 16.9. The van der Waals surface area contributed by atoms with Gasteiger partial charge in [0.15, 0.2) is 0 Å². The molecule has 1 aromatic heterocycles. The maximum atomic E-state index is 13.2. The smallest absolute Gasteiger partial charge is 0.343 e. The molecule has 1 aliphatic rings. The summed E-state index contributed by atoms with van der Waals surface area (Å²) in [5.74, 6) is -0.551. The fraction of sp³-hybridized carbons (Fsp3) is 0.273. The fourth-order valence-corrected chi connectivity index (χ4v) is 3.66. The number of nitrogens with zero attached hydrogens (tertiary/aromatic N) is 4. The quantitative estimate of drug-likeness (QED) is 0.634. The van der Waals surface area contributed by atoms with Crippen molar-refractivity contribution >= 4 is 11.8 Å². The number of hydrogen-bond donors (Lipinski definition) is 1. The van der Waals surface area contributed by atoms with Crippen molar-refractivity contribution in [1.29, 1.82) is 0 Å².